The number of hydrogen-bond acceptors (Lipinski definition) is 1. The molecule has 0 spiro atoms. The second-order valence-electron chi connectivity index (χ2n) is 6.80. The molecule has 3 rings (SSSR count). The van der Waals surface area contributed by atoms with Gasteiger partial charge in [-0.15, -0.1) is 0 Å². The Hall–Kier alpha value is -2.32. The minimum Gasteiger partial charge on any atom is -0.378 e. The third-order valence-corrected chi connectivity index (χ3v) is 7.93. The average molecular weight is 345 g/mol. The van der Waals surface area contributed by atoms with Crippen LogP contribution in [0.4, 0.5) is 5.69 Å². The van der Waals surface area contributed by atoms with E-state index in [1.54, 1.807) is 0 Å². The lowest BCUT2D eigenvalue weighted by Crippen LogP contribution is -2.46. The Kier molecular flexibility index (Phi) is 5.39. The van der Waals surface area contributed by atoms with E-state index in [-0.39, 0.29) is 0 Å². The van der Waals surface area contributed by atoms with Crippen LogP contribution in [0.15, 0.2) is 78.9 Å². The fraction of sp³-hybridized carbons (Fsp3) is 0.217. The molecule has 0 aliphatic heterocycles. The fourth-order valence-electron chi connectivity index (χ4n) is 3.48. The molecular formula is C23H26NSi. The third kappa shape index (κ3) is 3.85. The first-order chi connectivity index (χ1) is 12.1. The first-order valence-electron chi connectivity index (χ1n) is 8.83. The van der Waals surface area contributed by atoms with Crippen LogP contribution in [0.1, 0.15) is 23.6 Å². The minimum atomic E-state index is -0.898. The lowest BCUT2D eigenvalue weighted by Gasteiger charge is -2.26. The van der Waals surface area contributed by atoms with Crippen LogP contribution < -0.4 is 15.3 Å². The highest BCUT2D eigenvalue weighted by Gasteiger charge is 2.26. The Morgan fingerprint density at radius 2 is 1.28 bits per heavy atom. The molecule has 0 aliphatic carbocycles. The van der Waals surface area contributed by atoms with Crippen LogP contribution >= 0.6 is 0 Å². The summed E-state index contributed by atoms with van der Waals surface area (Å²) in [5, 5.41) is 2.95. The van der Waals surface area contributed by atoms with Gasteiger partial charge in [-0.2, -0.15) is 0 Å². The zero-order chi connectivity index (χ0) is 17.8. The second kappa shape index (κ2) is 7.71. The van der Waals surface area contributed by atoms with Crippen molar-refractivity contribution in [3.63, 3.8) is 0 Å². The van der Waals surface area contributed by atoms with E-state index in [1.165, 1.54) is 27.2 Å². The van der Waals surface area contributed by atoms with E-state index in [2.05, 4.69) is 112 Å². The van der Waals surface area contributed by atoms with Gasteiger partial charge in [0.05, 0.1) is 0 Å². The highest BCUT2D eigenvalue weighted by Crippen LogP contribution is 2.26. The molecule has 1 radical (unpaired) electrons. The Morgan fingerprint density at radius 3 is 1.72 bits per heavy atom. The maximum atomic E-state index is 2.39. The van der Waals surface area contributed by atoms with Crippen molar-refractivity contribution >= 4 is 24.9 Å². The van der Waals surface area contributed by atoms with Gasteiger partial charge in [-0.05, 0) is 35.7 Å². The van der Waals surface area contributed by atoms with Crippen molar-refractivity contribution in [1.29, 1.82) is 0 Å². The summed E-state index contributed by atoms with van der Waals surface area (Å²) in [6, 6.07) is 28.9. The van der Waals surface area contributed by atoms with Gasteiger partial charge in [-0.25, -0.2) is 0 Å². The molecule has 3 aromatic rings. The topological polar surface area (TPSA) is 3.24 Å². The quantitative estimate of drug-likeness (QED) is 0.632. The van der Waals surface area contributed by atoms with Gasteiger partial charge >= 0.3 is 0 Å². The summed E-state index contributed by atoms with van der Waals surface area (Å²) in [4.78, 5) is 2.17. The average Bonchev–Trinajstić information content (AvgIpc) is 2.63. The Morgan fingerprint density at radius 1 is 0.760 bits per heavy atom. The van der Waals surface area contributed by atoms with Crippen molar-refractivity contribution < 1.29 is 0 Å². The number of aryl methyl sites for hydroxylation is 1. The molecule has 0 aliphatic rings. The molecule has 2 heteroatoms. The molecular weight excluding hydrogens is 318 g/mol. The minimum absolute atomic E-state index is 0.506. The smallest absolute Gasteiger partial charge is 0.128 e. The van der Waals surface area contributed by atoms with Crippen molar-refractivity contribution in [3.05, 3.63) is 90.0 Å². The van der Waals surface area contributed by atoms with Crippen molar-refractivity contribution in [1.82, 2.24) is 0 Å². The first-order valence-corrected chi connectivity index (χ1v) is 10.4. The summed E-state index contributed by atoms with van der Waals surface area (Å²) in [6.45, 7) is 4.64. The van der Waals surface area contributed by atoms with Crippen LogP contribution in [-0.4, -0.2) is 22.9 Å². The largest absolute Gasteiger partial charge is 0.378 e. The molecule has 1 nitrogen and oxygen atoms in total. The van der Waals surface area contributed by atoms with Gasteiger partial charge in [-0.3, -0.25) is 0 Å². The van der Waals surface area contributed by atoms with E-state index in [0.717, 1.165) is 0 Å². The molecule has 0 heterocycles. The van der Waals surface area contributed by atoms with E-state index in [0.29, 0.717) is 5.54 Å². The van der Waals surface area contributed by atoms with E-state index in [4.69, 9.17) is 0 Å². The van der Waals surface area contributed by atoms with Crippen molar-refractivity contribution in [2.75, 3.05) is 19.0 Å². The highest BCUT2D eigenvalue weighted by atomic mass is 28.3. The standard InChI is InChI=1S/C23H26NSi/c1-18-17-20(24(3)4)15-16-23(18)19(2)25(21-11-7-5-8-12-21)22-13-9-6-10-14-22/h5-17,19H,1-4H3/t19-/m1/s1. The lowest BCUT2D eigenvalue weighted by atomic mass is 10.1. The number of benzene rings is 3. The molecule has 0 fully saturated rings. The Balaban J connectivity index is 2.05. The molecule has 0 bridgehead atoms. The molecule has 1 atom stereocenters. The van der Waals surface area contributed by atoms with Crippen LogP contribution in [0.5, 0.6) is 0 Å². The summed E-state index contributed by atoms with van der Waals surface area (Å²) in [5.74, 6) is 0. The summed E-state index contributed by atoms with van der Waals surface area (Å²) in [7, 11) is 3.30. The van der Waals surface area contributed by atoms with Crippen LogP contribution in [0, 0.1) is 6.92 Å². The Labute approximate surface area is 153 Å². The maximum Gasteiger partial charge on any atom is 0.128 e. The number of anilines is 1. The normalized spacial score (nSPS) is 12.2. The maximum absolute atomic E-state index is 2.39. The first kappa shape index (κ1) is 17.5. The highest BCUT2D eigenvalue weighted by molar-refractivity contribution is 6.86. The number of hydrogen-bond donors (Lipinski definition) is 0. The molecule has 0 saturated carbocycles. The summed E-state index contributed by atoms with van der Waals surface area (Å²) < 4.78 is 0. The molecule has 0 unspecified atom stereocenters. The summed E-state index contributed by atoms with van der Waals surface area (Å²) in [6.07, 6.45) is 0. The van der Waals surface area contributed by atoms with Gasteiger partial charge in [0, 0.05) is 19.8 Å². The van der Waals surface area contributed by atoms with Crippen molar-refractivity contribution in [2.45, 2.75) is 19.4 Å². The zero-order valence-electron chi connectivity index (χ0n) is 15.5. The van der Waals surface area contributed by atoms with Gasteiger partial charge in [0.25, 0.3) is 0 Å². The van der Waals surface area contributed by atoms with E-state index in [1.807, 2.05) is 0 Å². The monoisotopic (exact) mass is 344 g/mol. The summed E-state index contributed by atoms with van der Waals surface area (Å²) in [5.41, 5.74) is 4.62. The van der Waals surface area contributed by atoms with E-state index < -0.39 is 8.80 Å². The number of rotatable bonds is 5. The van der Waals surface area contributed by atoms with Gasteiger partial charge in [-0.1, -0.05) is 84.0 Å². The van der Waals surface area contributed by atoms with Crippen LogP contribution in [0.25, 0.3) is 0 Å². The molecule has 0 N–H and O–H groups in total. The van der Waals surface area contributed by atoms with Gasteiger partial charge in [0.1, 0.15) is 8.80 Å². The third-order valence-electron chi connectivity index (χ3n) is 4.84. The van der Waals surface area contributed by atoms with E-state index in [9.17, 15) is 0 Å². The fourth-order valence-corrected chi connectivity index (χ4v) is 6.55. The molecule has 0 saturated heterocycles. The number of nitrogens with zero attached hydrogens (tertiary/aromatic N) is 1. The Bertz CT molecular complexity index is 773. The predicted molar refractivity (Wildman–Crippen MR) is 112 cm³/mol. The van der Waals surface area contributed by atoms with Crippen LogP contribution in [0.3, 0.4) is 0 Å². The van der Waals surface area contributed by atoms with Gasteiger partial charge in [0.15, 0.2) is 0 Å². The van der Waals surface area contributed by atoms with Crippen LogP contribution in [-0.2, 0) is 0 Å². The zero-order valence-corrected chi connectivity index (χ0v) is 16.5. The van der Waals surface area contributed by atoms with Gasteiger partial charge < -0.3 is 4.90 Å². The second-order valence-corrected chi connectivity index (χ2v) is 9.65. The van der Waals surface area contributed by atoms with Crippen molar-refractivity contribution in [3.8, 4) is 0 Å². The van der Waals surface area contributed by atoms with Gasteiger partial charge in [0.2, 0.25) is 0 Å². The lowest BCUT2D eigenvalue weighted by molar-refractivity contribution is 1.03. The van der Waals surface area contributed by atoms with E-state index >= 15 is 0 Å². The summed E-state index contributed by atoms with van der Waals surface area (Å²) >= 11 is 0. The molecule has 3 aromatic carbocycles. The molecule has 127 valence electrons. The molecule has 0 amide bonds. The molecule has 0 aromatic heterocycles. The molecule has 25 heavy (non-hydrogen) atoms. The van der Waals surface area contributed by atoms with Crippen molar-refractivity contribution in [2.24, 2.45) is 0 Å². The van der Waals surface area contributed by atoms with Crippen LogP contribution in [0.2, 0.25) is 0 Å². The predicted octanol–water partition coefficient (Wildman–Crippen LogP) is 4.01. The SMILES string of the molecule is Cc1cc(N(C)C)ccc1[C@@H](C)[Si](c1ccccc1)c1ccccc1.